The Kier molecular flexibility index (Phi) is 9.38. The number of benzene rings is 4. The molecular formula is C46H41N5O2. The van der Waals surface area contributed by atoms with Gasteiger partial charge in [-0.15, -0.1) is 0 Å². The first-order chi connectivity index (χ1) is 25.9. The highest BCUT2D eigenvalue weighted by molar-refractivity contribution is 6.10. The van der Waals surface area contributed by atoms with E-state index in [1.54, 1.807) is 12.4 Å². The molecule has 0 radical (unpaired) electrons. The normalized spacial score (nSPS) is 11.5. The molecule has 8 rings (SSSR count). The lowest BCUT2D eigenvalue weighted by Crippen LogP contribution is -2.02. The van der Waals surface area contributed by atoms with E-state index in [1.807, 2.05) is 91.3 Å². The number of hydrogen-bond acceptors (Lipinski definition) is 6. The van der Waals surface area contributed by atoms with Gasteiger partial charge in [0, 0.05) is 58.8 Å². The van der Waals surface area contributed by atoms with Gasteiger partial charge in [-0.2, -0.15) is 0 Å². The van der Waals surface area contributed by atoms with Crippen LogP contribution in [0.3, 0.4) is 0 Å². The fraction of sp³-hybridized carbons (Fsp3) is 0.174. The van der Waals surface area contributed by atoms with Crippen molar-refractivity contribution in [3.05, 3.63) is 151 Å². The van der Waals surface area contributed by atoms with Crippen molar-refractivity contribution in [3.63, 3.8) is 0 Å². The van der Waals surface area contributed by atoms with E-state index < -0.39 is 0 Å². The van der Waals surface area contributed by atoms with Gasteiger partial charge in [0.1, 0.15) is 23.0 Å². The van der Waals surface area contributed by atoms with Gasteiger partial charge in [-0.05, 0) is 103 Å². The molecule has 4 heterocycles. The summed E-state index contributed by atoms with van der Waals surface area (Å²) in [6.07, 6.45) is 8.88. The summed E-state index contributed by atoms with van der Waals surface area (Å²) >= 11 is 0. The maximum atomic E-state index is 6.78. The second-order valence-electron chi connectivity index (χ2n) is 14.2. The van der Waals surface area contributed by atoms with Crippen LogP contribution in [0.2, 0.25) is 0 Å². The fourth-order valence-corrected chi connectivity index (χ4v) is 6.93. The molecule has 0 N–H and O–H groups in total. The molecule has 0 unspecified atom stereocenters. The van der Waals surface area contributed by atoms with E-state index in [9.17, 15) is 0 Å². The van der Waals surface area contributed by atoms with Crippen LogP contribution in [0.1, 0.15) is 38.8 Å². The van der Waals surface area contributed by atoms with Gasteiger partial charge in [0.2, 0.25) is 5.95 Å². The standard InChI is InChI=1S/C46H41N5O2/c1-30(2)22-34-26-38-39-27-35(23-31(3)4)45(53-37-15-10-13-33(25-37)41-17-6-8-19-48-41)29-43(39)51(46-49-20-11-21-50-46)42(38)28-44(34)52-36-14-9-12-32(24-36)40-16-5-7-18-47-40/h5-21,24-31H,22-23H2,1-4H3. The van der Waals surface area contributed by atoms with Gasteiger partial charge in [-0.3, -0.25) is 14.5 Å². The van der Waals surface area contributed by atoms with Crippen molar-refractivity contribution >= 4 is 21.8 Å². The number of rotatable bonds is 11. The van der Waals surface area contributed by atoms with Crippen LogP contribution in [0, 0.1) is 11.8 Å². The Bertz CT molecular complexity index is 2360. The van der Waals surface area contributed by atoms with Crippen LogP contribution >= 0.6 is 0 Å². The number of aromatic nitrogens is 5. The van der Waals surface area contributed by atoms with E-state index in [2.05, 4.69) is 78.6 Å². The molecular weight excluding hydrogens is 655 g/mol. The third kappa shape index (κ3) is 7.24. The van der Waals surface area contributed by atoms with Crippen molar-refractivity contribution in [1.29, 1.82) is 0 Å². The summed E-state index contributed by atoms with van der Waals surface area (Å²) in [5.74, 6) is 4.51. The number of hydrogen-bond donors (Lipinski definition) is 0. The Labute approximate surface area is 310 Å². The molecule has 0 fully saturated rings. The third-order valence-corrected chi connectivity index (χ3v) is 9.18. The molecule has 262 valence electrons. The van der Waals surface area contributed by atoms with Gasteiger partial charge in [0.25, 0.3) is 0 Å². The van der Waals surface area contributed by atoms with Crippen LogP contribution < -0.4 is 9.47 Å². The zero-order valence-corrected chi connectivity index (χ0v) is 30.4. The van der Waals surface area contributed by atoms with Crippen LogP contribution in [-0.4, -0.2) is 24.5 Å². The van der Waals surface area contributed by atoms with Gasteiger partial charge in [0.15, 0.2) is 0 Å². The molecule has 0 amide bonds. The zero-order chi connectivity index (χ0) is 36.3. The number of pyridine rings is 2. The highest BCUT2D eigenvalue weighted by Gasteiger charge is 2.22. The van der Waals surface area contributed by atoms with Gasteiger partial charge in [0.05, 0.1) is 22.4 Å². The third-order valence-electron chi connectivity index (χ3n) is 9.18. The van der Waals surface area contributed by atoms with E-state index in [4.69, 9.17) is 19.4 Å². The molecule has 8 aromatic rings. The van der Waals surface area contributed by atoms with Crippen LogP contribution in [-0.2, 0) is 12.8 Å². The van der Waals surface area contributed by atoms with Crippen molar-refractivity contribution in [3.8, 4) is 51.5 Å². The Hall–Kier alpha value is -6.34. The summed E-state index contributed by atoms with van der Waals surface area (Å²) in [7, 11) is 0. The monoisotopic (exact) mass is 695 g/mol. The second kappa shape index (κ2) is 14.7. The van der Waals surface area contributed by atoms with Crippen molar-refractivity contribution in [2.45, 2.75) is 40.5 Å². The summed E-state index contributed by atoms with van der Waals surface area (Å²) in [5, 5.41) is 2.23. The maximum absolute atomic E-state index is 6.78. The van der Waals surface area contributed by atoms with Gasteiger partial charge >= 0.3 is 0 Å². The molecule has 0 aliphatic rings. The lowest BCUT2D eigenvalue weighted by atomic mass is 9.97. The Morgan fingerprint density at radius 1 is 0.491 bits per heavy atom. The summed E-state index contributed by atoms with van der Waals surface area (Å²) in [6.45, 7) is 8.96. The highest BCUT2D eigenvalue weighted by atomic mass is 16.5. The first-order valence-electron chi connectivity index (χ1n) is 18.2. The molecule has 53 heavy (non-hydrogen) atoms. The summed E-state index contributed by atoms with van der Waals surface area (Å²) < 4.78 is 15.7. The molecule has 0 aliphatic carbocycles. The molecule has 0 saturated carbocycles. The second-order valence-corrected chi connectivity index (χ2v) is 14.2. The van der Waals surface area contributed by atoms with Crippen LogP contribution in [0.5, 0.6) is 23.0 Å². The predicted molar refractivity (Wildman–Crippen MR) is 213 cm³/mol. The summed E-state index contributed by atoms with van der Waals surface area (Å²) in [5.41, 5.74) is 7.99. The molecule has 4 aromatic carbocycles. The largest absolute Gasteiger partial charge is 0.457 e. The minimum atomic E-state index is 0.416. The average Bonchev–Trinajstić information content (AvgIpc) is 3.47. The van der Waals surface area contributed by atoms with Crippen LogP contribution in [0.25, 0.3) is 50.3 Å². The summed E-state index contributed by atoms with van der Waals surface area (Å²) in [4.78, 5) is 18.6. The minimum Gasteiger partial charge on any atom is -0.457 e. The maximum Gasteiger partial charge on any atom is 0.234 e. The van der Waals surface area contributed by atoms with E-state index in [1.165, 1.54) is 0 Å². The van der Waals surface area contributed by atoms with Crippen molar-refractivity contribution in [2.24, 2.45) is 11.8 Å². The highest BCUT2D eigenvalue weighted by Crippen LogP contribution is 2.42. The smallest absolute Gasteiger partial charge is 0.234 e. The molecule has 0 spiro atoms. The van der Waals surface area contributed by atoms with Gasteiger partial charge in [-0.25, -0.2) is 9.97 Å². The topological polar surface area (TPSA) is 75.0 Å². The SMILES string of the molecule is CC(C)Cc1cc2c3cc(CC(C)C)c(Oc4cccc(-c5ccccn5)c4)cc3n(-c3ncccn3)c2cc1Oc1cccc(-c2ccccn2)c1. The fourth-order valence-electron chi connectivity index (χ4n) is 6.93. The van der Waals surface area contributed by atoms with E-state index in [0.717, 1.165) is 91.3 Å². The first kappa shape index (κ1) is 33.8. The first-order valence-corrected chi connectivity index (χ1v) is 18.2. The van der Waals surface area contributed by atoms with Crippen molar-refractivity contribution in [2.75, 3.05) is 0 Å². The molecule has 7 heteroatoms. The molecule has 7 nitrogen and oxygen atoms in total. The number of fused-ring (bicyclic) bond motifs is 3. The molecule has 4 aromatic heterocycles. The summed E-state index contributed by atoms with van der Waals surface area (Å²) in [6, 6.07) is 38.8. The van der Waals surface area contributed by atoms with Crippen LogP contribution in [0.15, 0.2) is 140 Å². The molecule has 0 aliphatic heterocycles. The Morgan fingerprint density at radius 3 is 1.40 bits per heavy atom. The van der Waals surface area contributed by atoms with Gasteiger partial charge in [-0.1, -0.05) is 64.1 Å². The minimum absolute atomic E-state index is 0.416. The average molecular weight is 696 g/mol. The van der Waals surface area contributed by atoms with E-state index in [-0.39, 0.29) is 0 Å². The number of nitrogens with zero attached hydrogens (tertiary/aromatic N) is 5. The lowest BCUT2D eigenvalue weighted by Gasteiger charge is -2.15. The van der Waals surface area contributed by atoms with Crippen molar-refractivity contribution < 1.29 is 9.47 Å². The Balaban J connectivity index is 1.31. The van der Waals surface area contributed by atoms with E-state index >= 15 is 0 Å². The van der Waals surface area contributed by atoms with E-state index in [0.29, 0.717) is 17.8 Å². The quantitative estimate of drug-likeness (QED) is 0.134. The van der Waals surface area contributed by atoms with Crippen LogP contribution in [0.4, 0.5) is 0 Å². The van der Waals surface area contributed by atoms with Crippen molar-refractivity contribution in [1.82, 2.24) is 24.5 Å². The molecule has 0 bridgehead atoms. The Morgan fingerprint density at radius 2 is 0.962 bits per heavy atom. The lowest BCUT2D eigenvalue weighted by molar-refractivity contribution is 0.471. The van der Waals surface area contributed by atoms with Gasteiger partial charge < -0.3 is 9.47 Å². The zero-order valence-electron chi connectivity index (χ0n) is 30.4. The molecule has 0 atom stereocenters. The predicted octanol–water partition coefficient (Wildman–Crippen LogP) is 11.7. The molecule has 0 saturated heterocycles. The number of ether oxygens (including phenoxy) is 2.